The predicted octanol–water partition coefficient (Wildman–Crippen LogP) is 3.25. The number of unbranched alkanes of at least 4 members (excludes halogenated alkanes) is 1. The van der Waals surface area contributed by atoms with Gasteiger partial charge in [-0.05, 0) is 59.2 Å². The Morgan fingerprint density at radius 1 is 1.56 bits per heavy atom. The molecule has 1 aromatic rings. The van der Waals surface area contributed by atoms with Gasteiger partial charge in [-0.2, -0.15) is 0 Å². The summed E-state index contributed by atoms with van der Waals surface area (Å²) in [5.74, 6) is 8.19. The second kappa shape index (κ2) is 7.13. The minimum Gasteiger partial charge on any atom is -0.271 e. The van der Waals surface area contributed by atoms with E-state index in [9.17, 15) is 0 Å². The zero-order chi connectivity index (χ0) is 12.0. The van der Waals surface area contributed by atoms with Crippen molar-refractivity contribution in [1.82, 2.24) is 5.43 Å². The molecule has 0 radical (unpaired) electrons. The number of hydrazine groups is 1. The molecule has 1 rings (SSSR count). The van der Waals surface area contributed by atoms with Gasteiger partial charge in [0.1, 0.15) is 0 Å². The Labute approximate surface area is 115 Å². The fourth-order valence-electron chi connectivity index (χ4n) is 1.52. The molecule has 86 valence electrons. The zero-order valence-electron chi connectivity index (χ0n) is 8.84. The maximum Gasteiger partial charge on any atom is 0.0471 e. The van der Waals surface area contributed by atoms with Crippen molar-refractivity contribution in [3.63, 3.8) is 0 Å². The molecule has 1 atom stereocenters. The second-order valence-corrected chi connectivity index (χ2v) is 5.08. The van der Waals surface area contributed by atoms with Gasteiger partial charge in [-0.3, -0.25) is 11.3 Å². The Hall–Kier alpha value is -0.280. The van der Waals surface area contributed by atoms with Crippen LogP contribution in [-0.4, -0.2) is 0 Å². The highest BCUT2D eigenvalue weighted by Gasteiger charge is 2.12. The number of benzene rings is 1. The molecule has 0 heterocycles. The lowest BCUT2D eigenvalue weighted by Gasteiger charge is -2.17. The van der Waals surface area contributed by atoms with Crippen molar-refractivity contribution >= 4 is 34.2 Å². The normalized spacial score (nSPS) is 12.1. The molecular formula is C12H14ClIN2. The minimum absolute atomic E-state index is 0.110. The summed E-state index contributed by atoms with van der Waals surface area (Å²) in [5.41, 5.74) is 3.95. The number of hydrogen-bond acceptors (Lipinski definition) is 2. The van der Waals surface area contributed by atoms with Crippen molar-refractivity contribution in [2.75, 3.05) is 0 Å². The Kier molecular flexibility index (Phi) is 6.14. The van der Waals surface area contributed by atoms with Crippen LogP contribution in [0.3, 0.4) is 0 Å². The van der Waals surface area contributed by atoms with Crippen LogP contribution in [0.1, 0.15) is 30.9 Å². The van der Waals surface area contributed by atoms with Crippen molar-refractivity contribution in [2.24, 2.45) is 5.84 Å². The first-order valence-electron chi connectivity index (χ1n) is 5.03. The van der Waals surface area contributed by atoms with Crippen LogP contribution >= 0.6 is 34.2 Å². The van der Waals surface area contributed by atoms with Crippen LogP contribution in [0, 0.1) is 15.9 Å². The highest BCUT2D eigenvalue weighted by Crippen LogP contribution is 2.26. The summed E-state index contributed by atoms with van der Waals surface area (Å²) < 4.78 is 1.16. The number of nitrogens with one attached hydrogen (secondary N) is 1. The molecule has 0 amide bonds. The molecule has 1 unspecified atom stereocenters. The van der Waals surface area contributed by atoms with Gasteiger partial charge in [-0.25, -0.2) is 0 Å². The van der Waals surface area contributed by atoms with Crippen LogP contribution in [0.15, 0.2) is 18.2 Å². The maximum absolute atomic E-state index is 5.97. The van der Waals surface area contributed by atoms with Gasteiger partial charge in [0.2, 0.25) is 0 Å². The molecule has 0 saturated carbocycles. The third-order valence-corrected chi connectivity index (χ3v) is 3.57. The Morgan fingerprint density at radius 2 is 2.31 bits per heavy atom. The van der Waals surface area contributed by atoms with E-state index in [1.165, 1.54) is 0 Å². The van der Waals surface area contributed by atoms with Crippen molar-refractivity contribution in [1.29, 1.82) is 0 Å². The third-order valence-electron chi connectivity index (χ3n) is 2.35. The molecular weight excluding hydrogens is 335 g/mol. The van der Waals surface area contributed by atoms with Crippen LogP contribution in [0.25, 0.3) is 0 Å². The average molecular weight is 349 g/mol. The SMILES string of the molecule is C#CCCCC(NN)c1cc(Cl)ccc1I. The van der Waals surface area contributed by atoms with E-state index in [1.807, 2.05) is 18.2 Å². The lowest BCUT2D eigenvalue weighted by atomic mass is 10.0. The smallest absolute Gasteiger partial charge is 0.0471 e. The minimum atomic E-state index is 0.110. The Balaban J connectivity index is 2.78. The van der Waals surface area contributed by atoms with Crippen LogP contribution in [0.2, 0.25) is 5.02 Å². The summed E-state index contributed by atoms with van der Waals surface area (Å²) >= 11 is 8.26. The van der Waals surface area contributed by atoms with Crippen LogP contribution in [-0.2, 0) is 0 Å². The predicted molar refractivity (Wildman–Crippen MR) is 76.9 cm³/mol. The molecule has 16 heavy (non-hydrogen) atoms. The van der Waals surface area contributed by atoms with Gasteiger partial charge in [-0.15, -0.1) is 12.3 Å². The molecule has 0 bridgehead atoms. The zero-order valence-corrected chi connectivity index (χ0v) is 11.8. The number of hydrogen-bond donors (Lipinski definition) is 2. The molecule has 2 nitrogen and oxygen atoms in total. The van der Waals surface area contributed by atoms with Crippen molar-refractivity contribution in [3.05, 3.63) is 32.4 Å². The molecule has 3 N–H and O–H groups in total. The van der Waals surface area contributed by atoms with Crippen molar-refractivity contribution in [2.45, 2.75) is 25.3 Å². The van der Waals surface area contributed by atoms with E-state index in [1.54, 1.807) is 0 Å². The van der Waals surface area contributed by atoms with E-state index in [-0.39, 0.29) is 6.04 Å². The first-order chi connectivity index (χ1) is 7.69. The van der Waals surface area contributed by atoms with E-state index in [0.29, 0.717) is 0 Å². The number of terminal acetylenes is 1. The van der Waals surface area contributed by atoms with Crippen molar-refractivity contribution in [3.8, 4) is 12.3 Å². The van der Waals surface area contributed by atoms with Gasteiger partial charge < -0.3 is 0 Å². The molecule has 0 fully saturated rings. The molecule has 0 aliphatic heterocycles. The topological polar surface area (TPSA) is 38.0 Å². The van der Waals surface area contributed by atoms with Gasteiger partial charge in [0.25, 0.3) is 0 Å². The highest BCUT2D eigenvalue weighted by molar-refractivity contribution is 14.1. The fourth-order valence-corrected chi connectivity index (χ4v) is 2.41. The first kappa shape index (κ1) is 13.8. The second-order valence-electron chi connectivity index (χ2n) is 3.48. The standard InChI is InChI=1S/C12H14ClIN2/c1-2-3-4-5-12(16-15)10-8-9(13)6-7-11(10)14/h1,6-8,12,16H,3-5,15H2. The van der Waals surface area contributed by atoms with Gasteiger partial charge >= 0.3 is 0 Å². The maximum atomic E-state index is 5.97. The Bertz CT molecular complexity index is 387. The summed E-state index contributed by atoms with van der Waals surface area (Å²) in [6, 6.07) is 5.92. The summed E-state index contributed by atoms with van der Waals surface area (Å²) in [6.45, 7) is 0. The number of halogens is 2. The largest absolute Gasteiger partial charge is 0.271 e. The molecule has 0 aliphatic rings. The van der Waals surface area contributed by atoms with E-state index in [0.717, 1.165) is 33.4 Å². The molecule has 1 aromatic carbocycles. The molecule has 0 aromatic heterocycles. The summed E-state index contributed by atoms with van der Waals surface area (Å²) in [4.78, 5) is 0. The van der Waals surface area contributed by atoms with Gasteiger partial charge in [0.05, 0.1) is 0 Å². The van der Waals surface area contributed by atoms with Crippen molar-refractivity contribution < 1.29 is 0 Å². The average Bonchev–Trinajstić information content (AvgIpc) is 2.28. The number of rotatable bonds is 5. The van der Waals surface area contributed by atoms with E-state index < -0.39 is 0 Å². The molecule has 4 heteroatoms. The first-order valence-corrected chi connectivity index (χ1v) is 6.49. The lowest BCUT2D eigenvalue weighted by molar-refractivity contribution is 0.500. The molecule has 0 saturated heterocycles. The third kappa shape index (κ3) is 3.95. The lowest BCUT2D eigenvalue weighted by Crippen LogP contribution is -2.28. The van der Waals surface area contributed by atoms with Gasteiger partial charge in [0, 0.05) is 21.1 Å². The fraction of sp³-hybridized carbons (Fsp3) is 0.333. The van der Waals surface area contributed by atoms with Gasteiger partial charge in [0.15, 0.2) is 0 Å². The van der Waals surface area contributed by atoms with E-state index in [4.69, 9.17) is 23.9 Å². The van der Waals surface area contributed by atoms with Crippen LogP contribution in [0.5, 0.6) is 0 Å². The van der Waals surface area contributed by atoms with E-state index in [2.05, 4.69) is 33.9 Å². The highest BCUT2D eigenvalue weighted by atomic mass is 127. The quantitative estimate of drug-likeness (QED) is 0.282. The van der Waals surface area contributed by atoms with Crippen LogP contribution in [0.4, 0.5) is 0 Å². The monoisotopic (exact) mass is 348 g/mol. The summed E-state index contributed by atoms with van der Waals surface area (Å²) in [5, 5.41) is 0.729. The van der Waals surface area contributed by atoms with E-state index >= 15 is 0 Å². The summed E-state index contributed by atoms with van der Waals surface area (Å²) in [7, 11) is 0. The summed E-state index contributed by atoms with van der Waals surface area (Å²) in [6.07, 6.45) is 7.86. The molecule has 0 spiro atoms. The Morgan fingerprint density at radius 3 is 2.94 bits per heavy atom. The van der Waals surface area contributed by atoms with Gasteiger partial charge in [-0.1, -0.05) is 11.6 Å². The van der Waals surface area contributed by atoms with Crippen LogP contribution < -0.4 is 11.3 Å². The molecule has 0 aliphatic carbocycles. The number of nitrogens with two attached hydrogens (primary N) is 1.